The van der Waals surface area contributed by atoms with Crippen LogP contribution >= 0.6 is 11.8 Å². The van der Waals surface area contributed by atoms with Crippen molar-refractivity contribution in [3.8, 4) is 0 Å². The van der Waals surface area contributed by atoms with Crippen molar-refractivity contribution in [2.75, 3.05) is 5.75 Å². The molecule has 0 saturated heterocycles. The molecule has 1 aromatic heterocycles. The van der Waals surface area contributed by atoms with Crippen LogP contribution in [0.4, 0.5) is 0 Å². The summed E-state index contributed by atoms with van der Waals surface area (Å²) in [7, 11) is 0. The molecule has 0 fully saturated rings. The van der Waals surface area contributed by atoms with Crippen LogP contribution in [0.15, 0.2) is 0 Å². The highest BCUT2D eigenvalue weighted by Gasteiger charge is 2.17. The largest absolute Gasteiger partial charge is 0.480 e. The van der Waals surface area contributed by atoms with Gasteiger partial charge in [-0.2, -0.15) is 11.8 Å². The molecule has 0 bridgehead atoms. The van der Waals surface area contributed by atoms with E-state index in [1.54, 1.807) is 16.4 Å². The zero-order valence-electron chi connectivity index (χ0n) is 12.3. The molecular formula is C12H21N5O3S. The number of amides is 1. The van der Waals surface area contributed by atoms with Gasteiger partial charge in [0.2, 0.25) is 5.91 Å². The van der Waals surface area contributed by atoms with Gasteiger partial charge in [0, 0.05) is 13.5 Å². The van der Waals surface area contributed by atoms with Crippen molar-refractivity contribution in [2.24, 2.45) is 0 Å². The van der Waals surface area contributed by atoms with Crippen LogP contribution in [-0.4, -0.2) is 49.0 Å². The molecule has 8 nitrogen and oxygen atoms in total. The molecule has 0 aliphatic rings. The molecule has 1 rings (SSSR count). The van der Waals surface area contributed by atoms with E-state index >= 15 is 0 Å². The van der Waals surface area contributed by atoms with Crippen LogP contribution in [0, 0.1) is 0 Å². The normalized spacial score (nSPS) is 12.1. The minimum Gasteiger partial charge on any atom is -0.480 e. The number of aromatic nitrogens is 4. The van der Waals surface area contributed by atoms with Crippen molar-refractivity contribution in [3.63, 3.8) is 0 Å². The molecule has 0 aromatic carbocycles. The van der Waals surface area contributed by atoms with E-state index in [1.165, 1.54) is 6.92 Å². The molecule has 0 aliphatic heterocycles. The maximum atomic E-state index is 11.0. The van der Waals surface area contributed by atoms with Gasteiger partial charge in [0.1, 0.15) is 6.04 Å². The second kappa shape index (κ2) is 9.32. The van der Waals surface area contributed by atoms with E-state index in [0.717, 1.165) is 25.2 Å². The second-order valence-corrected chi connectivity index (χ2v) is 5.71. The van der Waals surface area contributed by atoms with E-state index in [4.69, 9.17) is 5.11 Å². The summed E-state index contributed by atoms with van der Waals surface area (Å²) in [5, 5.41) is 22.9. The lowest BCUT2D eigenvalue weighted by Crippen LogP contribution is -2.39. The zero-order chi connectivity index (χ0) is 15.7. The predicted octanol–water partition coefficient (Wildman–Crippen LogP) is 0.686. The smallest absolute Gasteiger partial charge is 0.326 e. The molecule has 0 spiro atoms. The molecule has 0 radical (unpaired) electrons. The maximum absolute atomic E-state index is 11.0. The summed E-state index contributed by atoms with van der Waals surface area (Å²) < 4.78 is 1.78. The molecule has 1 aromatic rings. The highest BCUT2D eigenvalue weighted by molar-refractivity contribution is 7.98. The first-order valence-electron chi connectivity index (χ1n) is 6.87. The number of carboxylic acids is 1. The van der Waals surface area contributed by atoms with Crippen LogP contribution in [0.2, 0.25) is 0 Å². The highest BCUT2D eigenvalue weighted by atomic mass is 32.2. The van der Waals surface area contributed by atoms with Crippen LogP contribution in [0.1, 0.15) is 38.9 Å². The monoisotopic (exact) mass is 315 g/mol. The van der Waals surface area contributed by atoms with Gasteiger partial charge in [-0.25, -0.2) is 9.48 Å². The van der Waals surface area contributed by atoms with Gasteiger partial charge >= 0.3 is 5.97 Å². The number of unbranched alkanes of at least 4 members (excludes halogenated alkanes) is 1. The fourth-order valence-corrected chi connectivity index (χ4v) is 2.61. The van der Waals surface area contributed by atoms with Gasteiger partial charge in [0.15, 0.2) is 5.82 Å². The van der Waals surface area contributed by atoms with Crippen molar-refractivity contribution < 1.29 is 14.7 Å². The number of thioether (sulfide) groups is 1. The summed E-state index contributed by atoms with van der Waals surface area (Å²) in [4.78, 5) is 21.9. The van der Waals surface area contributed by atoms with Gasteiger partial charge in [0.25, 0.3) is 0 Å². The average Bonchev–Trinajstić information content (AvgIpc) is 2.86. The SMILES string of the molecule is CCCCn1nnnc1CSCCC(NC(C)=O)C(=O)O. The standard InChI is InChI=1S/C12H21N5O3S/c1-3-4-6-17-11(14-15-16-17)8-21-7-5-10(12(19)20)13-9(2)18/h10H,3-8H2,1-2H3,(H,13,18)(H,19,20). The molecule has 2 N–H and O–H groups in total. The predicted molar refractivity (Wildman–Crippen MR) is 78.7 cm³/mol. The van der Waals surface area contributed by atoms with E-state index in [1.807, 2.05) is 0 Å². The number of nitrogens with zero attached hydrogens (tertiary/aromatic N) is 4. The fraction of sp³-hybridized carbons (Fsp3) is 0.750. The third-order valence-corrected chi connectivity index (χ3v) is 3.77. The summed E-state index contributed by atoms with van der Waals surface area (Å²) in [6, 6.07) is -0.842. The average molecular weight is 315 g/mol. The number of nitrogens with one attached hydrogen (secondary N) is 1. The summed E-state index contributed by atoms with van der Waals surface area (Å²) in [6.07, 6.45) is 2.46. The molecule has 0 aliphatic carbocycles. The lowest BCUT2D eigenvalue weighted by molar-refractivity contribution is -0.141. The topological polar surface area (TPSA) is 110 Å². The lowest BCUT2D eigenvalue weighted by Gasteiger charge is -2.12. The van der Waals surface area contributed by atoms with E-state index in [2.05, 4.69) is 27.8 Å². The van der Waals surface area contributed by atoms with Crippen molar-refractivity contribution in [1.82, 2.24) is 25.5 Å². The maximum Gasteiger partial charge on any atom is 0.326 e. The lowest BCUT2D eigenvalue weighted by atomic mass is 10.2. The van der Waals surface area contributed by atoms with Crippen LogP contribution in [0.5, 0.6) is 0 Å². The third-order valence-electron chi connectivity index (χ3n) is 2.79. The van der Waals surface area contributed by atoms with Crippen LogP contribution < -0.4 is 5.32 Å². The van der Waals surface area contributed by atoms with Gasteiger partial charge in [-0.3, -0.25) is 4.79 Å². The van der Waals surface area contributed by atoms with Gasteiger partial charge in [-0.15, -0.1) is 5.10 Å². The van der Waals surface area contributed by atoms with Crippen LogP contribution in [0.3, 0.4) is 0 Å². The summed E-state index contributed by atoms with van der Waals surface area (Å²) >= 11 is 1.55. The molecule has 1 amide bonds. The van der Waals surface area contributed by atoms with Crippen molar-refractivity contribution in [2.45, 2.75) is 51.4 Å². The fourth-order valence-electron chi connectivity index (χ4n) is 1.68. The number of hydrogen-bond acceptors (Lipinski definition) is 6. The molecular weight excluding hydrogens is 294 g/mol. The quantitative estimate of drug-likeness (QED) is 0.611. The number of carbonyl (C=O) groups excluding carboxylic acids is 1. The molecule has 1 heterocycles. The number of aliphatic carboxylic acids is 1. The van der Waals surface area contributed by atoms with Gasteiger partial charge in [0.05, 0.1) is 5.75 Å². The van der Waals surface area contributed by atoms with Gasteiger partial charge in [-0.05, 0) is 29.0 Å². The molecule has 1 unspecified atom stereocenters. The Morgan fingerprint density at radius 2 is 2.24 bits per heavy atom. The number of tetrazole rings is 1. The molecule has 21 heavy (non-hydrogen) atoms. The van der Waals surface area contributed by atoms with E-state index in [9.17, 15) is 9.59 Å². The minimum atomic E-state index is -1.02. The number of rotatable bonds is 10. The van der Waals surface area contributed by atoms with Crippen LogP contribution in [-0.2, 0) is 21.9 Å². The Morgan fingerprint density at radius 1 is 1.48 bits per heavy atom. The summed E-state index contributed by atoms with van der Waals surface area (Å²) in [6.45, 7) is 4.21. The number of aryl methyl sites for hydroxylation is 1. The second-order valence-electron chi connectivity index (χ2n) is 4.60. The summed E-state index contributed by atoms with van der Waals surface area (Å²) in [5.74, 6) is 0.676. The number of carbonyl (C=O) groups is 2. The van der Waals surface area contributed by atoms with Crippen molar-refractivity contribution in [3.05, 3.63) is 5.82 Å². The Kier molecular flexibility index (Phi) is 7.73. The minimum absolute atomic E-state index is 0.337. The van der Waals surface area contributed by atoms with E-state index in [0.29, 0.717) is 17.9 Å². The van der Waals surface area contributed by atoms with Gasteiger partial charge in [-0.1, -0.05) is 13.3 Å². The third kappa shape index (κ3) is 6.56. The number of hydrogen-bond donors (Lipinski definition) is 2. The van der Waals surface area contributed by atoms with Crippen LogP contribution in [0.25, 0.3) is 0 Å². The molecule has 118 valence electrons. The van der Waals surface area contributed by atoms with Crippen molar-refractivity contribution in [1.29, 1.82) is 0 Å². The zero-order valence-corrected chi connectivity index (χ0v) is 13.1. The van der Waals surface area contributed by atoms with E-state index < -0.39 is 12.0 Å². The first-order valence-corrected chi connectivity index (χ1v) is 8.02. The first kappa shape index (κ1) is 17.4. The molecule has 0 saturated carbocycles. The Labute approximate surface area is 127 Å². The Balaban J connectivity index is 2.34. The Morgan fingerprint density at radius 3 is 2.86 bits per heavy atom. The molecule has 9 heteroatoms. The molecule has 1 atom stereocenters. The Hall–Kier alpha value is -1.64. The summed E-state index contributed by atoms with van der Waals surface area (Å²) in [5.41, 5.74) is 0. The Bertz CT molecular complexity index is 466. The highest BCUT2D eigenvalue weighted by Crippen LogP contribution is 2.12. The van der Waals surface area contributed by atoms with Gasteiger partial charge < -0.3 is 10.4 Å². The van der Waals surface area contributed by atoms with Crippen molar-refractivity contribution >= 4 is 23.6 Å². The number of carboxylic acid groups (broad SMARTS) is 1. The first-order chi connectivity index (χ1) is 10.0. The van der Waals surface area contributed by atoms with E-state index in [-0.39, 0.29) is 5.91 Å².